The smallest absolute Gasteiger partial charge is 0.337 e. The van der Waals surface area contributed by atoms with Gasteiger partial charge >= 0.3 is 11.9 Å². The highest BCUT2D eigenvalue weighted by Crippen LogP contribution is 2.29. The van der Waals surface area contributed by atoms with E-state index >= 15 is 0 Å². The second kappa shape index (κ2) is 18.4. The first-order valence-electron chi connectivity index (χ1n) is 15.3. The van der Waals surface area contributed by atoms with E-state index in [0.717, 1.165) is 60.2 Å². The number of nitrogens with two attached hydrogens (primary N) is 1. The van der Waals surface area contributed by atoms with E-state index in [4.69, 9.17) is 20.9 Å². The second-order valence-electron chi connectivity index (χ2n) is 11.3. The fourth-order valence-corrected chi connectivity index (χ4v) is 5.46. The van der Waals surface area contributed by atoms with Crippen molar-refractivity contribution in [3.05, 3.63) is 69.9 Å². The maximum Gasteiger partial charge on any atom is 0.337 e. The molecule has 4 N–H and O–H groups in total. The molecule has 1 atom stereocenters. The summed E-state index contributed by atoms with van der Waals surface area (Å²) in [4.78, 5) is 46.9. The van der Waals surface area contributed by atoms with Crippen LogP contribution >= 0.6 is 28.3 Å². The number of ether oxygens (including phenoxy) is 2. The summed E-state index contributed by atoms with van der Waals surface area (Å²) in [5, 5.41) is 7.00. The fraction of sp³-hybridized carbons (Fsp3) is 0.441. The topological polar surface area (TPSA) is 155 Å². The highest BCUT2D eigenvalue weighted by Gasteiger charge is 2.20. The molecule has 13 heteroatoms. The van der Waals surface area contributed by atoms with Gasteiger partial charge in [0, 0.05) is 43.0 Å². The zero-order valence-corrected chi connectivity index (χ0v) is 30.3. The molecule has 0 radical (unpaired) electrons. The van der Waals surface area contributed by atoms with E-state index in [1.165, 1.54) is 39.9 Å². The quantitative estimate of drug-likeness (QED) is 0.0880. The number of likely N-dealkylation sites (tertiary alicyclic amines) is 1. The Kier molecular flexibility index (Phi) is 15.4. The number of aromatic amines is 1. The van der Waals surface area contributed by atoms with Crippen LogP contribution in [0.25, 0.3) is 11.3 Å². The molecule has 11 nitrogen and oxygen atoms in total. The van der Waals surface area contributed by atoms with Crippen molar-refractivity contribution >= 4 is 58.0 Å². The van der Waals surface area contributed by atoms with Crippen molar-refractivity contribution in [1.29, 1.82) is 5.41 Å². The van der Waals surface area contributed by atoms with E-state index in [1.807, 2.05) is 37.8 Å². The lowest BCUT2D eigenvalue weighted by atomic mass is 10.0. The molecule has 256 valence electrons. The number of Topliss-reactive ketones (excluding diaryl/α,β-unsaturated/α-hetero) is 1. The molecule has 2 aliphatic heterocycles. The number of aromatic nitrogens is 2. The number of benzene rings is 2. The van der Waals surface area contributed by atoms with Gasteiger partial charge < -0.3 is 30.0 Å². The number of imidazole rings is 1. The largest absolute Gasteiger partial charge is 0.465 e. The average Bonchev–Trinajstić information content (AvgIpc) is 3.84. The van der Waals surface area contributed by atoms with E-state index in [9.17, 15) is 14.4 Å². The van der Waals surface area contributed by atoms with Gasteiger partial charge in [0.05, 0.1) is 35.9 Å². The lowest BCUT2D eigenvalue weighted by molar-refractivity contribution is 0.0592. The van der Waals surface area contributed by atoms with Gasteiger partial charge in [-0.15, -0.1) is 12.4 Å². The number of nitrogens with one attached hydrogen (secondary N) is 2. The molecule has 0 saturated carbocycles. The van der Waals surface area contributed by atoms with E-state index in [0.29, 0.717) is 16.7 Å². The highest BCUT2D eigenvalue weighted by molar-refractivity contribution is 9.10. The van der Waals surface area contributed by atoms with Crippen molar-refractivity contribution in [3.8, 4) is 11.3 Å². The molecule has 1 aromatic heterocycles. The predicted octanol–water partition coefficient (Wildman–Crippen LogP) is 6.23. The zero-order chi connectivity index (χ0) is 34.0. The number of nitrogens with zero attached hydrogens (tertiary/aromatic N) is 3. The summed E-state index contributed by atoms with van der Waals surface area (Å²) in [7, 11) is 2.71. The number of carbonyl (C=O) groups is 3. The van der Waals surface area contributed by atoms with E-state index in [1.54, 1.807) is 31.2 Å². The first-order chi connectivity index (χ1) is 21.9. The molecular formula is C34H46BrClN6O5. The zero-order valence-electron chi connectivity index (χ0n) is 27.9. The van der Waals surface area contributed by atoms with Crippen LogP contribution in [-0.4, -0.2) is 83.8 Å². The van der Waals surface area contributed by atoms with Crippen LogP contribution in [0.1, 0.15) is 80.5 Å². The first-order valence-corrected chi connectivity index (χ1v) is 16.3. The fourth-order valence-electron chi connectivity index (χ4n) is 5.21. The molecule has 2 fully saturated rings. The number of carbonyl (C=O) groups excluding carboxylic acids is 3. The number of anilines is 1. The predicted molar refractivity (Wildman–Crippen MR) is 191 cm³/mol. The Labute approximate surface area is 291 Å². The van der Waals surface area contributed by atoms with Gasteiger partial charge in [-0.25, -0.2) is 14.6 Å². The number of methoxy groups -OCH3 is 2. The third kappa shape index (κ3) is 10.6. The molecule has 2 saturated heterocycles. The molecule has 1 unspecified atom stereocenters. The van der Waals surface area contributed by atoms with Crippen molar-refractivity contribution in [3.63, 3.8) is 0 Å². The Morgan fingerprint density at radius 3 is 1.89 bits per heavy atom. The van der Waals surface area contributed by atoms with Gasteiger partial charge in [0.1, 0.15) is 0 Å². The molecule has 0 amide bonds. The number of hydrogen-bond donors (Lipinski definition) is 3. The Hall–Kier alpha value is -3.90. The Bertz CT molecular complexity index is 1550. The summed E-state index contributed by atoms with van der Waals surface area (Å²) in [6, 6.07) is 10.5. The van der Waals surface area contributed by atoms with Crippen LogP contribution in [0, 0.1) is 26.2 Å². The maximum atomic E-state index is 11.8. The van der Waals surface area contributed by atoms with E-state index in [2.05, 4.69) is 30.6 Å². The number of ketones is 1. The van der Waals surface area contributed by atoms with Crippen molar-refractivity contribution in [2.75, 3.05) is 45.3 Å². The lowest BCUT2D eigenvalue weighted by Gasteiger charge is -2.12. The monoisotopic (exact) mass is 732 g/mol. The number of rotatable bonds is 6. The molecule has 5 rings (SSSR count). The number of H-pyrrole nitrogens is 1. The van der Waals surface area contributed by atoms with Gasteiger partial charge in [-0.05, 0) is 88.8 Å². The van der Waals surface area contributed by atoms with Crippen LogP contribution in [0.15, 0.2) is 36.4 Å². The van der Waals surface area contributed by atoms with Crippen LogP contribution < -0.4 is 10.6 Å². The van der Waals surface area contributed by atoms with E-state index < -0.39 is 5.97 Å². The van der Waals surface area contributed by atoms with Crippen LogP contribution in [0.2, 0.25) is 0 Å². The molecule has 3 heterocycles. The number of guanidine groups is 1. The normalized spacial score (nSPS) is 14.1. The third-order valence-electron chi connectivity index (χ3n) is 7.92. The number of hydrogen-bond acceptors (Lipinski definition) is 8. The van der Waals surface area contributed by atoms with Crippen molar-refractivity contribution in [2.24, 2.45) is 5.73 Å². The Balaban J connectivity index is 0.000000269. The Morgan fingerprint density at radius 1 is 0.894 bits per heavy atom. The standard InChI is InChI=1S/C17H21N3O2.C12H13BrO3.C5H11N3.ClH/c1-11-6-7-13(16(21)22-3)10-14(11)15-12(2)18-17(19-15)20-8-4-5-9-20;1-7-4-5-9(12(15)16-3)6-10(7)11(14)8(2)13;6-5(7)8-3-1-2-4-8;/h6-7,10H,4-5,8-9H2,1-3H3,(H,18,19);4-6,8H,1-3H3;1-4H2,(H3,6,7);1H. The van der Waals surface area contributed by atoms with Crippen LogP contribution in [0.5, 0.6) is 0 Å². The molecule has 3 aromatic rings. The van der Waals surface area contributed by atoms with Gasteiger partial charge in [-0.1, -0.05) is 28.1 Å². The summed E-state index contributed by atoms with van der Waals surface area (Å²) in [6.07, 6.45) is 4.82. The maximum absolute atomic E-state index is 11.8. The minimum atomic E-state index is -0.434. The summed E-state index contributed by atoms with van der Waals surface area (Å²) in [5.74, 6) is 0.351. The number of alkyl halides is 1. The minimum absolute atomic E-state index is 0. The number of aryl methyl sites for hydroxylation is 3. The van der Waals surface area contributed by atoms with Gasteiger partial charge in [-0.3, -0.25) is 10.2 Å². The number of halogens is 2. The summed E-state index contributed by atoms with van der Waals surface area (Å²) >= 11 is 3.22. The molecule has 0 aliphatic carbocycles. The van der Waals surface area contributed by atoms with Gasteiger partial charge in [0.15, 0.2) is 11.7 Å². The summed E-state index contributed by atoms with van der Waals surface area (Å²) in [6.45, 7) is 11.7. The van der Waals surface area contributed by atoms with E-state index in [-0.39, 0.29) is 34.9 Å². The molecule has 0 spiro atoms. The molecule has 2 aliphatic rings. The van der Waals surface area contributed by atoms with Crippen LogP contribution in [0.4, 0.5) is 5.95 Å². The third-order valence-corrected chi connectivity index (χ3v) is 8.34. The van der Waals surface area contributed by atoms with Crippen LogP contribution in [0.3, 0.4) is 0 Å². The average molecular weight is 734 g/mol. The molecule has 47 heavy (non-hydrogen) atoms. The summed E-state index contributed by atoms with van der Waals surface area (Å²) in [5.41, 5.74) is 11.5. The first kappa shape index (κ1) is 39.3. The summed E-state index contributed by atoms with van der Waals surface area (Å²) < 4.78 is 9.42. The van der Waals surface area contributed by atoms with Gasteiger partial charge in [-0.2, -0.15) is 0 Å². The molecular weight excluding hydrogens is 688 g/mol. The minimum Gasteiger partial charge on any atom is -0.465 e. The van der Waals surface area contributed by atoms with Crippen molar-refractivity contribution in [2.45, 2.75) is 58.2 Å². The van der Waals surface area contributed by atoms with Gasteiger partial charge in [0.25, 0.3) is 0 Å². The second-order valence-corrected chi connectivity index (χ2v) is 12.7. The number of esters is 2. The SMILES string of the molecule is COC(=O)c1ccc(C)c(-c2nc(N3CCCC3)[nH]c2C)c1.COC(=O)c1ccc(C)c(C(=O)C(C)Br)c1.Cl.N=C(N)N1CCCC1. The van der Waals surface area contributed by atoms with Crippen molar-refractivity contribution in [1.82, 2.24) is 14.9 Å². The molecule has 2 aromatic carbocycles. The van der Waals surface area contributed by atoms with Gasteiger partial charge in [0.2, 0.25) is 5.95 Å². The van der Waals surface area contributed by atoms with Crippen molar-refractivity contribution < 1.29 is 23.9 Å². The molecule has 0 bridgehead atoms. The Morgan fingerprint density at radius 2 is 1.40 bits per heavy atom. The van der Waals surface area contributed by atoms with Crippen LogP contribution in [-0.2, 0) is 9.47 Å². The highest BCUT2D eigenvalue weighted by atomic mass is 79.9. The lowest BCUT2D eigenvalue weighted by Crippen LogP contribution is -2.33.